The molecule has 0 aromatic heterocycles. The predicted molar refractivity (Wildman–Crippen MR) is 105 cm³/mol. The predicted octanol–water partition coefficient (Wildman–Crippen LogP) is 2.27. The van der Waals surface area contributed by atoms with Gasteiger partial charge in [-0.3, -0.25) is 9.59 Å². The zero-order chi connectivity index (χ0) is 19.2. The van der Waals surface area contributed by atoms with Crippen LogP contribution in [0, 0.1) is 0 Å². The highest BCUT2D eigenvalue weighted by atomic mass is 35.5. The summed E-state index contributed by atoms with van der Waals surface area (Å²) in [7, 11) is 0. The van der Waals surface area contributed by atoms with Gasteiger partial charge in [-0.05, 0) is 54.3 Å². The van der Waals surface area contributed by atoms with Crippen LogP contribution >= 0.6 is 11.6 Å². The number of carbonyl (C=O) groups excluding carboxylic acids is 2. The number of amides is 2. The van der Waals surface area contributed by atoms with Gasteiger partial charge in [0, 0.05) is 23.8 Å². The molecule has 27 heavy (non-hydrogen) atoms. The highest BCUT2D eigenvalue weighted by molar-refractivity contribution is 6.30. The van der Waals surface area contributed by atoms with Crippen LogP contribution in [0.25, 0.3) is 0 Å². The number of nitrogens with zero attached hydrogens (tertiary/aromatic N) is 1. The molecule has 1 aliphatic heterocycles. The van der Waals surface area contributed by atoms with Crippen LogP contribution in [0.2, 0.25) is 5.02 Å². The Morgan fingerprint density at radius 1 is 1.19 bits per heavy atom. The maximum Gasteiger partial charge on any atom is 0.255 e. The molecule has 0 aliphatic carbocycles. The van der Waals surface area contributed by atoms with Crippen LogP contribution in [0.1, 0.15) is 17.5 Å². The topological polar surface area (TPSA) is 84.7 Å². The molecule has 6 nitrogen and oxygen atoms in total. The molecule has 2 amide bonds. The molecule has 3 N–H and O–H groups in total. The van der Waals surface area contributed by atoms with Gasteiger partial charge in [0.2, 0.25) is 5.91 Å². The molecule has 1 heterocycles. The van der Waals surface area contributed by atoms with E-state index in [1.54, 1.807) is 12.1 Å². The molecule has 0 spiro atoms. The number of carbonyl (C=O) groups is 2. The summed E-state index contributed by atoms with van der Waals surface area (Å²) in [6.45, 7) is 1.44. The van der Waals surface area contributed by atoms with Crippen molar-refractivity contribution in [2.24, 2.45) is 5.73 Å². The lowest BCUT2D eigenvalue weighted by Crippen LogP contribution is -2.39. The fourth-order valence-corrected chi connectivity index (χ4v) is 3.29. The third-order valence-electron chi connectivity index (χ3n) is 4.38. The van der Waals surface area contributed by atoms with Gasteiger partial charge in [-0.15, -0.1) is 0 Å². The minimum atomic E-state index is -0.520. The number of halogens is 1. The van der Waals surface area contributed by atoms with Gasteiger partial charge in [0.1, 0.15) is 5.75 Å². The van der Waals surface area contributed by atoms with E-state index in [0.717, 1.165) is 35.7 Å². The number of aryl methyl sites for hydroxylation is 1. The van der Waals surface area contributed by atoms with Crippen molar-refractivity contribution < 1.29 is 14.3 Å². The molecular formula is C20H22ClN3O3. The van der Waals surface area contributed by atoms with Crippen molar-refractivity contribution in [3.8, 4) is 5.75 Å². The summed E-state index contributed by atoms with van der Waals surface area (Å²) in [5.41, 5.74) is 8.26. The van der Waals surface area contributed by atoms with Gasteiger partial charge < -0.3 is 20.7 Å². The van der Waals surface area contributed by atoms with Crippen LogP contribution in [-0.2, 0) is 22.6 Å². The van der Waals surface area contributed by atoms with Crippen LogP contribution in [0.15, 0.2) is 42.5 Å². The molecule has 7 heteroatoms. The zero-order valence-electron chi connectivity index (χ0n) is 14.9. The Morgan fingerprint density at radius 3 is 2.70 bits per heavy atom. The molecule has 0 saturated heterocycles. The van der Waals surface area contributed by atoms with Gasteiger partial charge in [-0.2, -0.15) is 0 Å². The highest BCUT2D eigenvalue weighted by Gasteiger charge is 2.19. The molecule has 0 radical (unpaired) electrons. The number of ether oxygens (including phenoxy) is 1. The summed E-state index contributed by atoms with van der Waals surface area (Å²) >= 11 is 6.06. The molecule has 2 aromatic rings. The van der Waals surface area contributed by atoms with E-state index in [2.05, 4.69) is 10.2 Å². The average Bonchev–Trinajstić information content (AvgIpc) is 2.65. The van der Waals surface area contributed by atoms with Gasteiger partial charge in [0.05, 0.1) is 6.54 Å². The number of hydrogen-bond donors (Lipinski definition) is 2. The lowest BCUT2D eigenvalue weighted by atomic mass is 10.0. The second-order valence-electron chi connectivity index (χ2n) is 6.47. The number of fused-ring (bicyclic) bond motifs is 1. The first kappa shape index (κ1) is 19.0. The van der Waals surface area contributed by atoms with Crippen LogP contribution in [0.5, 0.6) is 5.75 Å². The Kier molecular flexibility index (Phi) is 6.19. The molecule has 1 aliphatic rings. The van der Waals surface area contributed by atoms with E-state index in [1.165, 1.54) is 5.56 Å². The van der Waals surface area contributed by atoms with Crippen molar-refractivity contribution in [1.29, 1.82) is 0 Å². The number of nitrogens with one attached hydrogen (secondary N) is 1. The fraction of sp³-hybridized carbons (Fsp3) is 0.300. The fourth-order valence-electron chi connectivity index (χ4n) is 3.10. The zero-order valence-corrected chi connectivity index (χ0v) is 15.7. The second-order valence-corrected chi connectivity index (χ2v) is 6.91. The number of nitrogens with two attached hydrogens (primary N) is 1. The van der Waals surface area contributed by atoms with Crippen LogP contribution in [0.3, 0.4) is 0 Å². The van der Waals surface area contributed by atoms with Gasteiger partial charge in [0.15, 0.2) is 6.61 Å². The third kappa shape index (κ3) is 5.37. The normalized spacial score (nSPS) is 13.0. The SMILES string of the molecule is NC(=O)COc1ccc(CNC(=O)CN2CCCc3cc(Cl)ccc32)cc1. The highest BCUT2D eigenvalue weighted by Crippen LogP contribution is 2.29. The minimum absolute atomic E-state index is 0.0353. The van der Waals surface area contributed by atoms with Crippen molar-refractivity contribution in [2.45, 2.75) is 19.4 Å². The molecule has 3 rings (SSSR count). The number of primary amides is 1. The lowest BCUT2D eigenvalue weighted by molar-refractivity contribution is -0.120. The molecule has 0 bridgehead atoms. The molecule has 2 aromatic carbocycles. The Morgan fingerprint density at radius 2 is 1.96 bits per heavy atom. The lowest BCUT2D eigenvalue weighted by Gasteiger charge is -2.30. The largest absolute Gasteiger partial charge is 0.484 e. The molecule has 0 fully saturated rings. The summed E-state index contributed by atoms with van der Waals surface area (Å²) in [5.74, 6) is 0.00668. The summed E-state index contributed by atoms with van der Waals surface area (Å²) in [5, 5.41) is 3.66. The van der Waals surface area contributed by atoms with Crippen LogP contribution in [-0.4, -0.2) is 31.5 Å². The molecule has 0 unspecified atom stereocenters. The van der Waals surface area contributed by atoms with E-state index < -0.39 is 5.91 Å². The quantitative estimate of drug-likeness (QED) is 0.763. The van der Waals surface area contributed by atoms with Gasteiger partial charge in [0.25, 0.3) is 5.91 Å². The summed E-state index contributed by atoms with van der Waals surface area (Å²) < 4.78 is 5.21. The van der Waals surface area contributed by atoms with Crippen molar-refractivity contribution in [3.05, 3.63) is 58.6 Å². The maximum atomic E-state index is 12.4. The number of rotatable bonds is 7. The molecular weight excluding hydrogens is 366 g/mol. The van der Waals surface area contributed by atoms with Crippen molar-refractivity contribution in [3.63, 3.8) is 0 Å². The first-order chi connectivity index (χ1) is 13.0. The standard InChI is InChI=1S/C20H22ClN3O3/c21-16-5-8-18-15(10-16)2-1-9-24(18)12-20(26)23-11-14-3-6-17(7-4-14)27-13-19(22)25/h3-8,10H,1-2,9,11-13H2,(H2,22,25)(H,23,26). The molecule has 0 atom stereocenters. The maximum absolute atomic E-state index is 12.4. The molecule has 0 saturated carbocycles. The number of anilines is 1. The Labute approximate surface area is 163 Å². The van der Waals surface area contributed by atoms with E-state index in [1.807, 2.05) is 30.3 Å². The monoisotopic (exact) mass is 387 g/mol. The van der Waals surface area contributed by atoms with Gasteiger partial charge in [-0.25, -0.2) is 0 Å². The van der Waals surface area contributed by atoms with E-state index in [0.29, 0.717) is 18.8 Å². The first-order valence-corrected chi connectivity index (χ1v) is 9.19. The van der Waals surface area contributed by atoms with Gasteiger partial charge >= 0.3 is 0 Å². The van der Waals surface area contributed by atoms with E-state index in [-0.39, 0.29) is 12.5 Å². The summed E-state index contributed by atoms with van der Waals surface area (Å²) in [6, 6.07) is 13.0. The average molecular weight is 388 g/mol. The first-order valence-electron chi connectivity index (χ1n) is 8.81. The minimum Gasteiger partial charge on any atom is -0.484 e. The second kappa shape index (κ2) is 8.77. The Bertz CT molecular complexity index is 824. The van der Waals surface area contributed by atoms with E-state index in [4.69, 9.17) is 22.1 Å². The van der Waals surface area contributed by atoms with Crippen LogP contribution < -0.4 is 20.7 Å². The Balaban J connectivity index is 1.51. The van der Waals surface area contributed by atoms with Crippen molar-refractivity contribution in [1.82, 2.24) is 5.32 Å². The number of hydrogen-bond acceptors (Lipinski definition) is 4. The Hall–Kier alpha value is -2.73. The smallest absolute Gasteiger partial charge is 0.255 e. The molecule has 142 valence electrons. The van der Waals surface area contributed by atoms with Gasteiger partial charge in [-0.1, -0.05) is 23.7 Å². The summed E-state index contributed by atoms with van der Waals surface area (Å²) in [6.07, 6.45) is 1.99. The van der Waals surface area contributed by atoms with E-state index >= 15 is 0 Å². The van der Waals surface area contributed by atoms with E-state index in [9.17, 15) is 9.59 Å². The van der Waals surface area contributed by atoms with Crippen LogP contribution in [0.4, 0.5) is 5.69 Å². The van der Waals surface area contributed by atoms with Crippen molar-refractivity contribution in [2.75, 3.05) is 24.6 Å². The third-order valence-corrected chi connectivity index (χ3v) is 4.62. The van der Waals surface area contributed by atoms with Crippen molar-refractivity contribution >= 4 is 29.1 Å². The summed E-state index contributed by atoms with van der Waals surface area (Å²) in [4.78, 5) is 25.2. The number of benzene rings is 2.